The molecule has 0 rings (SSSR count). The Morgan fingerprint density at radius 1 is 0.525 bits per heavy atom. The summed E-state index contributed by atoms with van der Waals surface area (Å²) in [6, 6.07) is -0.637. The molecule has 0 spiro atoms. The summed E-state index contributed by atoms with van der Waals surface area (Å²) in [5, 5.41) is 9.62. The molecule has 0 amide bonds. The van der Waals surface area contributed by atoms with Gasteiger partial charge in [-0.1, -0.05) is 180 Å². The second kappa shape index (κ2) is 40.3. The van der Waals surface area contributed by atoms with Gasteiger partial charge in [-0.05, 0) is 51.4 Å². The number of likely N-dealkylation sites (N-methyl/N-ethyl adjacent to an activating group) is 1. The van der Waals surface area contributed by atoms with Crippen LogP contribution in [0, 0.1) is 0 Å². The molecule has 0 aromatic carbocycles. The first-order valence-corrected chi connectivity index (χ1v) is 21.9. The fourth-order valence-corrected chi connectivity index (χ4v) is 5.44. The minimum Gasteiger partial charge on any atom is -0.477 e. The summed E-state index contributed by atoms with van der Waals surface area (Å²) in [5.41, 5.74) is 0. The third kappa shape index (κ3) is 38.7. The third-order valence-corrected chi connectivity index (χ3v) is 8.80. The van der Waals surface area contributed by atoms with Gasteiger partial charge in [0.1, 0.15) is 6.61 Å². The average Bonchev–Trinajstić information content (AvgIpc) is 3.19. The van der Waals surface area contributed by atoms with Crippen molar-refractivity contribution in [2.75, 3.05) is 41.0 Å². The number of allylic oxidation sites excluding steroid dienone is 22. The van der Waals surface area contributed by atoms with E-state index in [1.165, 1.54) is 6.42 Å². The van der Waals surface area contributed by atoms with E-state index in [-0.39, 0.29) is 42.7 Å². The Bertz CT molecular complexity index is 1420. The van der Waals surface area contributed by atoms with Crippen molar-refractivity contribution in [2.24, 2.45) is 0 Å². The Labute approximate surface area is 358 Å². The van der Waals surface area contributed by atoms with Crippen LogP contribution in [0.5, 0.6) is 0 Å². The number of hydrogen-bond acceptors (Lipinski definition) is 6. The minimum absolute atomic E-state index is 0.0231. The molecule has 328 valence electrons. The molecule has 59 heavy (non-hydrogen) atoms. The number of carbonyl (C=O) groups excluding carboxylic acids is 2. The molecule has 0 saturated carbocycles. The number of ether oxygens (including phenoxy) is 3. The highest BCUT2D eigenvalue weighted by Gasteiger charge is 2.31. The van der Waals surface area contributed by atoms with Gasteiger partial charge in [0, 0.05) is 19.3 Å². The highest BCUT2D eigenvalue weighted by Crippen LogP contribution is 2.12. The maximum absolute atomic E-state index is 12.7. The van der Waals surface area contributed by atoms with E-state index in [4.69, 9.17) is 14.2 Å². The molecule has 2 atom stereocenters. The number of unbranched alkanes of at least 4 members (excludes halogenated alkanes) is 9. The molecule has 0 aliphatic carbocycles. The highest BCUT2D eigenvalue weighted by molar-refractivity contribution is 5.72. The molecule has 0 heterocycles. The van der Waals surface area contributed by atoms with Crippen LogP contribution in [-0.2, 0) is 28.6 Å². The van der Waals surface area contributed by atoms with Gasteiger partial charge < -0.3 is 23.8 Å². The molecule has 1 N–H and O–H groups in total. The topological polar surface area (TPSA) is 99.1 Å². The van der Waals surface area contributed by atoms with E-state index in [0.29, 0.717) is 19.3 Å². The summed E-state index contributed by atoms with van der Waals surface area (Å²) in [7, 11) is 5.48. The van der Waals surface area contributed by atoms with Crippen molar-refractivity contribution in [2.45, 2.75) is 129 Å². The predicted octanol–water partition coefficient (Wildman–Crippen LogP) is 12.0. The lowest BCUT2D eigenvalue weighted by Crippen LogP contribution is -2.50. The van der Waals surface area contributed by atoms with Crippen LogP contribution in [0.25, 0.3) is 0 Å². The Kier molecular flexibility index (Phi) is 37.2. The first kappa shape index (κ1) is 54.5. The molecule has 8 heteroatoms. The minimum atomic E-state index is -0.895. The van der Waals surface area contributed by atoms with Crippen LogP contribution in [0.2, 0.25) is 0 Å². The van der Waals surface area contributed by atoms with E-state index >= 15 is 0 Å². The number of carboxylic acids is 1. The van der Waals surface area contributed by atoms with E-state index < -0.39 is 18.1 Å². The van der Waals surface area contributed by atoms with Gasteiger partial charge in [0.05, 0.1) is 34.4 Å². The van der Waals surface area contributed by atoms with Gasteiger partial charge in [-0.3, -0.25) is 9.59 Å². The van der Waals surface area contributed by atoms with Crippen molar-refractivity contribution in [3.63, 3.8) is 0 Å². The normalized spacial score (nSPS) is 14.3. The van der Waals surface area contributed by atoms with Gasteiger partial charge in [0.15, 0.2) is 12.1 Å². The fourth-order valence-electron chi connectivity index (χ4n) is 5.44. The van der Waals surface area contributed by atoms with Gasteiger partial charge in [-0.2, -0.15) is 0 Å². The van der Waals surface area contributed by atoms with Gasteiger partial charge in [-0.15, -0.1) is 0 Å². The first-order valence-electron chi connectivity index (χ1n) is 21.9. The molecule has 2 unspecified atom stereocenters. The summed E-state index contributed by atoms with van der Waals surface area (Å²) < 4.78 is 17.2. The molecule has 0 aromatic heterocycles. The van der Waals surface area contributed by atoms with E-state index in [0.717, 1.165) is 70.6 Å². The molecular formula is C51H78NO7+. The Morgan fingerprint density at radius 2 is 0.949 bits per heavy atom. The number of quaternary nitrogens is 1. The van der Waals surface area contributed by atoms with Crippen LogP contribution in [0.1, 0.15) is 117 Å². The summed E-state index contributed by atoms with van der Waals surface area (Å²) in [5.74, 6) is -1.58. The Balaban J connectivity index is 4.55. The van der Waals surface area contributed by atoms with Gasteiger partial charge in [-0.25, -0.2) is 4.79 Å². The predicted molar refractivity (Wildman–Crippen MR) is 247 cm³/mol. The zero-order valence-corrected chi connectivity index (χ0v) is 37.1. The van der Waals surface area contributed by atoms with E-state index in [2.05, 4.69) is 50.3 Å². The molecule has 0 fully saturated rings. The molecule has 0 aliphatic heterocycles. The Morgan fingerprint density at radius 3 is 1.42 bits per heavy atom. The van der Waals surface area contributed by atoms with E-state index in [1.807, 2.05) is 118 Å². The summed E-state index contributed by atoms with van der Waals surface area (Å²) >= 11 is 0. The van der Waals surface area contributed by atoms with Crippen LogP contribution in [-0.4, -0.2) is 80.6 Å². The lowest BCUT2D eigenvalue weighted by Gasteiger charge is -2.31. The van der Waals surface area contributed by atoms with Crippen molar-refractivity contribution >= 4 is 17.9 Å². The number of aliphatic carboxylic acids is 1. The van der Waals surface area contributed by atoms with Crippen LogP contribution in [0.3, 0.4) is 0 Å². The third-order valence-electron chi connectivity index (χ3n) is 8.80. The van der Waals surface area contributed by atoms with Crippen LogP contribution < -0.4 is 0 Å². The van der Waals surface area contributed by atoms with Crippen molar-refractivity contribution in [1.29, 1.82) is 0 Å². The first-order chi connectivity index (χ1) is 28.6. The van der Waals surface area contributed by atoms with Crippen molar-refractivity contribution in [3.8, 4) is 0 Å². The zero-order valence-electron chi connectivity index (χ0n) is 37.1. The summed E-state index contributed by atoms with van der Waals surface area (Å²) in [6.45, 7) is 4.39. The number of carbonyl (C=O) groups is 3. The van der Waals surface area contributed by atoms with Crippen LogP contribution >= 0.6 is 0 Å². The molecule has 0 aromatic rings. The van der Waals surface area contributed by atoms with Crippen molar-refractivity contribution < 1.29 is 38.2 Å². The maximum atomic E-state index is 12.7. The molecule has 8 nitrogen and oxygen atoms in total. The fraction of sp³-hybridized carbons (Fsp3) is 0.510. The number of esters is 2. The lowest BCUT2D eigenvalue weighted by atomic mass is 10.1. The molecule has 0 saturated heterocycles. The van der Waals surface area contributed by atoms with Crippen molar-refractivity contribution in [3.05, 3.63) is 134 Å². The number of carboxylic acid groups (broad SMARTS) is 1. The second-order valence-corrected chi connectivity index (χ2v) is 15.1. The second-order valence-electron chi connectivity index (χ2n) is 15.1. The lowest BCUT2D eigenvalue weighted by molar-refractivity contribution is -0.887. The van der Waals surface area contributed by atoms with Gasteiger partial charge in [0.2, 0.25) is 0 Å². The van der Waals surface area contributed by atoms with Crippen LogP contribution in [0.15, 0.2) is 134 Å². The SMILES string of the molecule is CC/C=C/C=C/C=C/C=C/C=C/C=C/CCCCCC(=O)OC(COCCC(C(=O)O)[N+](C)(C)C)COC(=O)CCCCCCC/C=C/C=C/C=C/C=C/C=C/CCC. The molecule has 0 aliphatic rings. The van der Waals surface area contributed by atoms with Crippen LogP contribution in [0.4, 0.5) is 0 Å². The molecule has 0 radical (unpaired) electrons. The molecule has 0 bridgehead atoms. The van der Waals surface area contributed by atoms with E-state index in [9.17, 15) is 19.5 Å². The van der Waals surface area contributed by atoms with Gasteiger partial charge >= 0.3 is 17.9 Å². The van der Waals surface area contributed by atoms with E-state index in [1.54, 1.807) is 0 Å². The number of rotatable bonds is 36. The quantitative estimate of drug-likeness (QED) is 0.0291. The maximum Gasteiger partial charge on any atom is 0.362 e. The molecular weight excluding hydrogens is 739 g/mol. The highest BCUT2D eigenvalue weighted by atomic mass is 16.6. The standard InChI is InChI=1S/C51H77NO7/c1-6-8-10-12-14-16-18-20-22-24-26-27-29-31-33-35-37-39-41-49(53)58-46-47(45-57-44-43-48(51(55)56)52(3,4)5)59-50(54)42-40-38-36-34-32-30-28-25-23-21-19-17-15-13-11-9-7-2/h9-28,30,32,47-48H,6-8,29,31,33-46H2,1-5H3/p+1/b11-9+,12-10+,15-13+,16-14+,19-17+,20-18+,23-21+,24-22+,27-26+,28-25+,32-30+. The monoisotopic (exact) mass is 817 g/mol. The number of hydrogen-bond donors (Lipinski definition) is 1. The zero-order chi connectivity index (χ0) is 43.5. The summed E-state index contributed by atoms with van der Waals surface area (Å²) in [4.78, 5) is 37.0. The Hall–Kier alpha value is -4.53. The largest absolute Gasteiger partial charge is 0.477 e. The van der Waals surface area contributed by atoms with Crippen molar-refractivity contribution in [1.82, 2.24) is 0 Å². The van der Waals surface area contributed by atoms with Gasteiger partial charge in [0.25, 0.3) is 0 Å². The average molecular weight is 817 g/mol. The number of nitrogens with zero attached hydrogens (tertiary/aromatic N) is 1. The smallest absolute Gasteiger partial charge is 0.362 e. The summed E-state index contributed by atoms with van der Waals surface area (Å²) in [6.07, 6.45) is 57.7.